The number of carbonyl (C=O) groups is 1. The standard InChI is InChI=1S/C26H30N2O2/c1-5-24(21-12-6-9-18(2)15-21)27-28-25(29)26(30,22-13-7-10-19(3)16-22)23-14-8-11-20(4)17-23/h6-17,24,27,30H,5H2,1-4H3,(H,28,29). The van der Waals surface area contributed by atoms with Gasteiger partial charge in [-0.15, -0.1) is 0 Å². The molecule has 0 aliphatic rings. The third kappa shape index (κ3) is 4.61. The maximum Gasteiger partial charge on any atom is 0.275 e. The SMILES string of the molecule is CCC(NNC(=O)C(O)(c1cccc(C)c1)c1cccc(C)c1)c1cccc(C)c1. The number of rotatable bonds is 7. The predicted octanol–water partition coefficient (Wildman–Crippen LogP) is 4.62. The Morgan fingerprint density at radius 3 is 1.83 bits per heavy atom. The van der Waals surface area contributed by atoms with Crippen LogP contribution >= 0.6 is 0 Å². The van der Waals surface area contributed by atoms with Gasteiger partial charge < -0.3 is 5.11 Å². The summed E-state index contributed by atoms with van der Waals surface area (Å²) >= 11 is 0. The average Bonchev–Trinajstić information content (AvgIpc) is 2.73. The first-order valence-corrected chi connectivity index (χ1v) is 10.3. The van der Waals surface area contributed by atoms with Crippen molar-refractivity contribution in [3.8, 4) is 0 Å². The van der Waals surface area contributed by atoms with Gasteiger partial charge in [-0.3, -0.25) is 10.2 Å². The molecule has 0 fully saturated rings. The third-order valence-electron chi connectivity index (χ3n) is 5.41. The van der Waals surface area contributed by atoms with Crippen molar-refractivity contribution in [2.24, 2.45) is 0 Å². The lowest BCUT2D eigenvalue weighted by Gasteiger charge is -2.30. The number of hydrogen-bond donors (Lipinski definition) is 3. The Balaban J connectivity index is 1.92. The van der Waals surface area contributed by atoms with E-state index in [0.29, 0.717) is 11.1 Å². The molecule has 1 amide bonds. The molecule has 0 heterocycles. The van der Waals surface area contributed by atoms with Crippen LogP contribution in [0.3, 0.4) is 0 Å². The van der Waals surface area contributed by atoms with Gasteiger partial charge in [0.05, 0.1) is 6.04 Å². The third-order valence-corrected chi connectivity index (χ3v) is 5.41. The van der Waals surface area contributed by atoms with Crippen LogP contribution in [0.4, 0.5) is 0 Å². The lowest BCUT2D eigenvalue weighted by Crippen LogP contribution is -2.51. The van der Waals surface area contributed by atoms with Crippen LogP contribution in [0.25, 0.3) is 0 Å². The number of hydrogen-bond acceptors (Lipinski definition) is 3. The lowest BCUT2D eigenvalue weighted by atomic mass is 9.84. The first kappa shape index (κ1) is 21.8. The molecule has 3 aromatic carbocycles. The monoisotopic (exact) mass is 402 g/mol. The maximum atomic E-state index is 13.4. The summed E-state index contributed by atoms with van der Waals surface area (Å²) < 4.78 is 0. The largest absolute Gasteiger partial charge is 0.372 e. The molecule has 4 heteroatoms. The Morgan fingerprint density at radius 2 is 1.37 bits per heavy atom. The summed E-state index contributed by atoms with van der Waals surface area (Å²) in [7, 11) is 0. The number of amides is 1. The molecule has 0 aromatic heterocycles. The van der Waals surface area contributed by atoms with Gasteiger partial charge >= 0.3 is 0 Å². The van der Waals surface area contributed by atoms with Crippen molar-refractivity contribution < 1.29 is 9.90 Å². The molecule has 0 bridgehead atoms. The molecule has 0 spiro atoms. The lowest BCUT2D eigenvalue weighted by molar-refractivity contribution is -0.138. The summed E-state index contributed by atoms with van der Waals surface area (Å²) in [5.74, 6) is -0.509. The van der Waals surface area contributed by atoms with E-state index in [2.05, 4.69) is 23.8 Å². The Morgan fingerprint density at radius 1 is 0.867 bits per heavy atom. The van der Waals surface area contributed by atoms with Crippen molar-refractivity contribution in [2.75, 3.05) is 0 Å². The summed E-state index contributed by atoms with van der Waals surface area (Å²) in [6.07, 6.45) is 0.789. The number of hydrazine groups is 1. The van der Waals surface area contributed by atoms with Crippen molar-refractivity contribution >= 4 is 5.91 Å². The zero-order valence-corrected chi connectivity index (χ0v) is 18.1. The molecule has 1 atom stereocenters. The molecule has 0 aliphatic carbocycles. The van der Waals surface area contributed by atoms with Crippen LogP contribution in [0, 0.1) is 20.8 Å². The van der Waals surface area contributed by atoms with Gasteiger partial charge in [0.1, 0.15) is 0 Å². The van der Waals surface area contributed by atoms with Gasteiger partial charge in [0, 0.05) is 0 Å². The van der Waals surface area contributed by atoms with Crippen LogP contribution in [-0.2, 0) is 10.4 Å². The Kier molecular flexibility index (Phi) is 6.70. The smallest absolute Gasteiger partial charge is 0.275 e. The Bertz CT molecular complexity index is 983. The number of benzene rings is 3. The number of aliphatic hydroxyl groups is 1. The molecule has 0 radical (unpaired) electrons. The molecule has 30 heavy (non-hydrogen) atoms. The quantitative estimate of drug-likeness (QED) is 0.506. The predicted molar refractivity (Wildman–Crippen MR) is 121 cm³/mol. The van der Waals surface area contributed by atoms with Crippen LogP contribution in [0.15, 0.2) is 72.8 Å². The summed E-state index contributed by atoms with van der Waals surface area (Å²) in [5.41, 5.74) is 9.39. The molecule has 0 aliphatic heterocycles. The van der Waals surface area contributed by atoms with E-state index in [1.54, 1.807) is 12.1 Å². The maximum absolute atomic E-state index is 13.4. The first-order chi connectivity index (χ1) is 14.3. The van der Waals surface area contributed by atoms with Crippen molar-refractivity contribution in [1.29, 1.82) is 0 Å². The van der Waals surface area contributed by atoms with Gasteiger partial charge in [-0.2, -0.15) is 0 Å². The Labute approximate surface area is 178 Å². The average molecular weight is 403 g/mol. The molecule has 3 N–H and O–H groups in total. The minimum absolute atomic E-state index is 0.0619. The van der Waals surface area contributed by atoms with Gasteiger partial charge in [-0.05, 0) is 43.9 Å². The topological polar surface area (TPSA) is 61.4 Å². The summed E-state index contributed by atoms with van der Waals surface area (Å²) in [6, 6.07) is 23.0. The minimum atomic E-state index is -1.81. The fourth-order valence-corrected chi connectivity index (χ4v) is 3.72. The van der Waals surface area contributed by atoms with Gasteiger partial charge in [0.2, 0.25) is 0 Å². The van der Waals surface area contributed by atoms with Crippen LogP contribution in [0.2, 0.25) is 0 Å². The van der Waals surface area contributed by atoms with E-state index in [1.165, 1.54) is 0 Å². The van der Waals surface area contributed by atoms with Crippen molar-refractivity contribution in [1.82, 2.24) is 10.9 Å². The Hall–Kier alpha value is -2.95. The molecular weight excluding hydrogens is 372 g/mol. The molecule has 1 unspecified atom stereocenters. The highest BCUT2D eigenvalue weighted by molar-refractivity contribution is 5.89. The van der Waals surface area contributed by atoms with E-state index < -0.39 is 11.5 Å². The highest BCUT2D eigenvalue weighted by Crippen LogP contribution is 2.31. The fraction of sp³-hybridized carbons (Fsp3) is 0.269. The highest BCUT2D eigenvalue weighted by atomic mass is 16.3. The summed E-state index contributed by atoms with van der Waals surface area (Å²) in [5, 5.41) is 11.7. The second-order valence-corrected chi connectivity index (χ2v) is 7.92. The molecule has 4 nitrogen and oxygen atoms in total. The van der Waals surface area contributed by atoms with E-state index in [4.69, 9.17) is 0 Å². The zero-order chi connectivity index (χ0) is 21.7. The molecule has 0 saturated carbocycles. The molecule has 3 rings (SSSR count). The van der Waals surface area contributed by atoms with E-state index in [-0.39, 0.29) is 6.04 Å². The van der Waals surface area contributed by atoms with Gasteiger partial charge in [0.25, 0.3) is 5.91 Å². The summed E-state index contributed by atoms with van der Waals surface area (Å²) in [4.78, 5) is 13.4. The van der Waals surface area contributed by atoms with Crippen LogP contribution in [0.1, 0.15) is 52.8 Å². The number of nitrogens with one attached hydrogen (secondary N) is 2. The van der Waals surface area contributed by atoms with Crippen LogP contribution in [-0.4, -0.2) is 11.0 Å². The fourth-order valence-electron chi connectivity index (χ4n) is 3.72. The first-order valence-electron chi connectivity index (χ1n) is 10.3. The van der Waals surface area contributed by atoms with Crippen molar-refractivity contribution in [3.05, 3.63) is 106 Å². The van der Waals surface area contributed by atoms with E-state index in [9.17, 15) is 9.90 Å². The zero-order valence-electron chi connectivity index (χ0n) is 18.1. The normalized spacial score (nSPS) is 12.4. The number of carbonyl (C=O) groups excluding carboxylic acids is 1. The summed E-state index contributed by atoms with van der Waals surface area (Å²) in [6.45, 7) is 7.99. The van der Waals surface area contributed by atoms with Gasteiger partial charge in [-0.25, -0.2) is 5.43 Å². The second-order valence-electron chi connectivity index (χ2n) is 7.92. The van der Waals surface area contributed by atoms with Crippen LogP contribution in [0.5, 0.6) is 0 Å². The molecule has 156 valence electrons. The molecule has 0 saturated heterocycles. The minimum Gasteiger partial charge on any atom is -0.372 e. The second kappa shape index (κ2) is 9.24. The van der Waals surface area contributed by atoms with Gasteiger partial charge in [0.15, 0.2) is 5.60 Å². The van der Waals surface area contributed by atoms with E-state index >= 15 is 0 Å². The molecular formula is C26H30N2O2. The van der Waals surface area contributed by atoms with Crippen molar-refractivity contribution in [2.45, 2.75) is 45.8 Å². The highest BCUT2D eigenvalue weighted by Gasteiger charge is 2.40. The number of aryl methyl sites for hydroxylation is 3. The molecule has 3 aromatic rings. The van der Waals surface area contributed by atoms with Crippen LogP contribution < -0.4 is 10.9 Å². The van der Waals surface area contributed by atoms with Crippen molar-refractivity contribution in [3.63, 3.8) is 0 Å². The van der Waals surface area contributed by atoms with E-state index in [0.717, 1.165) is 28.7 Å². The van der Waals surface area contributed by atoms with E-state index in [1.807, 2.05) is 75.4 Å². The van der Waals surface area contributed by atoms with Gasteiger partial charge in [-0.1, -0.05) is 96.4 Å².